The number of aryl methyl sites for hydroxylation is 1. The fraction of sp³-hybridized carbons (Fsp3) is 0.423. The number of pyridine rings is 1. The number of hydrogen-bond donors (Lipinski definition) is 2. The minimum absolute atomic E-state index is 0.189. The Bertz CT molecular complexity index is 1300. The highest BCUT2D eigenvalue weighted by Crippen LogP contribution is 2.35. The van der Waals surface area contributed by atoms with Crippen molar-refractivity contribution >= 4 is 51.0 Å². The van der Waals surface area contributed by atoms with E-state index in [4.69, 9.17) is 4.74 Å². The first-order valence-electron chi connectivity index (χ1n) is 11.9. The molecule has 0 saturated carbocycles. The maximum absolute atomic E-state index is 13.3. The van der Waals surface area contributed by atoms with Crippen molar-refractivity contribution in [2.24, 2.45) is 5.92 Å². The van der Waals surface area contributed by atoms with Crippen LogP contribution in [0.4, 0.5) is 16.3 Å². The highest BCUT2D eigenvalue weighted by atomic mass is 32.1. The van der Waals surface area contributed by atoms with Crippen LogP contribution in [0.3, 0.4) is 0 Å². The van der Waals surface area contributed by atoms with Crippen molar-refractivity contribution in [3.63, 3.8) is 0 Å². The molecule has 2 N–H and O–H groups in total. The number of rotatable bonds is 3. The average molecular weight is 510 g/mol. The van der Waals surface area contributed by atoms with Gasteiger partial charge in [-0.2, -0.15) is 0 Å². The van der Waals surface area contributed by atoms with Gasteiger partial charge in [-0.1, -0.05) is 13.0 Å². The molecule has 0 aliphatic carbocycles. The van der Waals surface area contributed by atoms with Crippen molar-refractivity contribution in [2.45, 2.75) is 59.1 Å². The average Bonchev–Trinajstić information content (AvgIpc) is 3.27. The van der Waals surface area contributed by atoms with E-state index in [2.05, 4.69) is 27.5 Å². The molecule has 0 radical (unpaired) electrons. The van der Waals surface area contributed by atoms with E-state index in [0.29, 0.717) is 29.5 Å². The van der Waals surface area contributed by atoms with E-state index >= 15 is 0 Å². The molecule has 3 aromatic rings. The van der Waals surface area contributed by atoms with E-state index in [1.807, 2.05) is 18.2 Å². The van der Waals surface area contributed by atoms with Crippen LogP contribution in [-0.4, -0.2) is 44.9 Å². The molecule has 2 atom stereocenters. The summed E-state index contributed by atoms with van der Waals surface area (Å²) in [5.74, 6) is -0.699. The quantitative estimate of drug-likeness (QED) is 0.464. The Morgan fingerprint density at radius 2 is 1.89 bits per heavy atom. The van der Waals surface area contributed by atoms with Gasteiger partial charge in [0.1, 0.15) is 11.4 Å². The Labute approximate surface area is 214 Å². The minimum Gasteiger partial charge on any atom is -0.444 e. The third-order valence-electron chi connectivity index (χ3n) is 5.97. The summed E-state index contributed by atoms with van der Waals surface area (Å²) in [6.45, 7) is 9.65. The number of carbonyl (C=O) groups excluding carboxylic acids is 3. The molecule has 1 aliphatic rings. The molecule has 2 aromatic heterocycles. The fourth-order valence-corrected chi connectivity index (χ4v) is 4.95. The van der Waals surface area contributed by atoms with E-state index in [1.54, 1.807) is 55.5 Å². The molecular formula is C26H31N5O4S. The second-order valence-corrected chi connectivity index (χ2v) is 11.1. The highest BCUT2D eigenvalue weighted by Gasteiger charge is 2.34. The van der Waals surface area contributed by atoms with Gasteiger partial charge in [0, 0.05) is 6.54 Å². The summed E-state index contributed by atoms with van der Waals surface area (Å²) < 4.78 is 6.34. The van der Waals surface area contributed by atoms with Gasteiger partial charge >= 0.3 is 17.9 Å². The molecule has 0 bridgehead atoms. The van der Waals surface area contributed by atoms with E-state index in [1.165, 1.54) is 6.20 Å². The number of piperidine rings is 1. The van der Waals surface area contributed by atoms with Gasteiger partial charge in [0.25, 0.3) is 0 Å². The number of fused-ring (bicyclic) bond motifs is 1. The van der Waals surface area contributed by atoms with Gasteiger partial charge in [0.05, 0.1) is 33.7 Å². The first-order chi connectivity index (χ1) is 17.0. The first kappa shape index (κ1) is 25.6. The minimum atomic E-state index is -0.724. The Kier molecular flexibility index (Phi) is 7.26. The van der Waals surface area contributed by atoms with Gasteiger partial charge in [-0.3, -0.25) is 14.9 Å². The van der Waals surface area contributed by atoms with Crippen LogP contribution < -0.4 is 10.6 Å². The van der Waals surface area contributed by atoms with Crippen LogP contribution in [0.5, 0.6) is 0 Å². The predicted molar refractivity (Wildman–Crippen MR) is 140 cm³/mol. The fourth-order valence-electron chi connectivity index (χ4n) is 4.30. The normalized spacial score (nSPS) is 18.1. The van der Waals surface area contributed by atoms with Gasteiger partial charge in [0.15, 0.2) is 0 Å². The molecule has 190 valence electrons. The van der Waals surface area contributed by atoms with Crippen LogP contribution in [0.15, 0.2) is 36.0 Å². The molecule has 36 heavy (non-hydrogen) atoms. The zero-order valence-electron chi connectivity index (χ0n) is 21.1. The van der Waals surface area contributed by atoms with E-state index in [9.17, 15) is 14.4 Å². The summed E-state index contributed by atoms with van der Waals surface area (Å²) >= 11 is 1.57. The number of hydrogen-bond acceptors (Lipinski definition) is 7. The van der Waals surface area contributed by atoms with Crippen LogP contribution in [0, 0.1) is 12.8 Å². The Hall–Kier alpha value is -3.53. The number of anilines is 2. The summed E-state index contributed by atoms with van der Waals surface area (Å²) in [4.78, 5) is 48.6. The molecule has 10 heteroatoms. The number of nitrogens with zero attached hydrogens (tertiary/aromatic N) is 3. The number of benzene rings is 1. The summed E-state index contributed by atoms with van der Waals surface area (Å²) in [6.07, 6.45) is 2.53. The summed E-state index contributed by atoms with van der Waals surface area (Å²) in [5.41, 5.74) is 4.03. The predicted octanol–water partition coefficient (Wildman–Crippen LogP) is 5.29. The molecule has 4 rings (SSSR count). The first-order valence-corrected chi connectivity index (χ1v) is 12.8. The number of nitrogens with one attached hydrogen (secondary N) is 2. The van der Waals surface area contributed by atoms with Crippen molar-refractivity contribution in [3.8, 4) is 0 Å². The molecule has 3 amide bonds. The molecule has 1 saturated heterocycles. The summed E-state index contributed by atoms with van der Waals surface area (Å²) in [6, 6.07) is 7.50. The Balaban J connectivity index is 1.46. The number of ether oxygens (including phenoxy) is 1. The van der Waals surface area contributed by atoms with Crippen molar-refractivity contribution in [3.05, 3.63) is 47.1 Å². The van der Waals surface area contributed by atoms with Crippen molar-refractivity contribution in [1.82, 2.24) is 14.9 Å². The summed E-state index contributed by atoms with van der Waals surface area (Å²) in [7, 11) is 0. The molecule has 0 spiro atoms. The largest absolute Gasteiger partial charge is 0.444 e. The van der Waals surface area contributed by atoms with Gasteiger partial charge in [0.2, 0.25) is 0 Å². The van der Waals surface area contributed by atoms with Crippen LogP contribution in [0.1, 0.15) is 57.7 Å². The van der Waals surface area contributed by atoms with Crippen LogP contribution in [-0.2, 0) is 14.3 Å². The van der Waals surface area contributed by atoms with Gasteiger partial charge in [-0.15, -0.1) is 11.3 Å². The molecule has 1 aliphatic heterocycles. The lowest BCUT2D eigenvalue weighted by molar-refractivity contribution is -0.146. The third-order valence-corrected chi connectivity index (χ3v) is 6.78. The SMILES string of the molecule is Cc1cc(NC(=O)C(=O)N2C[C@H](C)CC[C@H]2c2ccc3scnc3c2)cnc1NC(=O)OC(C)(C)C. The van der Waals surface area contributed by atoms with E-state index in [0.717, 1.165) is 28.6 Å². The smallest absolute Gasteiger partial charge is 0.413 e. The standard InChI is InChI=1S/C26H31N5O4S/c1-15-6-8-20(17-7-9-21-19(11-17)28-14-36-21)31(13-15)24(33)23(32)29-18-10-16(2)22(27-12-18)30-25(34)35-26(3,4)5/h7,9-12,14-15,20H,6,8,13H2,1-5H3,(H,29,32)(H,27,30,34)/t15-,20+/m1/s1. The highest BCUT2D eigenvalue weighted by molar-refractivity contribution is 7.16. The molecule has 3 heterocycles. The second kappa shape index (κ2) is 10.2. The molecule has 9 nitrogen and oxygen atoms in total. The van der Waals surface area contributed by atoms with E-state index in [-0.39, 0.29) is 6.04 Å². The van der Waals surface area contributed by atoms with Gasteiger partial charge < -0.3 is 15.0 Å². The molecule has 1 fully saturated rings. The summed E-state index contributed by atoms with van der Waals surface area (Å²) in [5, 5.41) is 5.26. The van der Waals surface area contributed by atoms with Crippen molar-refractivity contribution < 1.29 is 19.1 Å². The van der Waals surface area contributed by atoms with Crippen LogP contribution in [0.2, 0.25) is 0 Å². The lowest BCUT2D eigenvalue weighted by Crippen LogP contribution is -2.46. The zero-order chi connectivity index (χ0) is 26.0. The third kappa shape index (κ3) is 5.99. The van der Waals surface area contributed by atoms with Gasteiger partial charge in [-0.25, -0.2) is 14.8 Å². The molecule has 0 unspecified atom stereocenters. The number of amides is 3. The topological polar surface area (TPSA) is 114 Å². The monoisotopic (exact) mass is 509 g/mol. The maximum Gasteiger partial charge on any atom is 0.413 e. The molecule has 1 aromatic carbocycles. The number of likely N-dealkylation sites (tertiary alicyclic amines) is 1. The Morgan fingerprint density at radius 1 is 1.11 bits per heavy atom. The van der Waals surface area contributed by atoms with Crippen molar-refractivity contribution in [2.75, 3.05) is 17.2 Å². The lowest BCUT2D eigenvalue weighted by Gasteiger charge is -2.38. The zero-order valence-corrected chi connectivity index (χ0v) is 21.9. The number of aromatic nitrogens is 2. The molecular weight excluding hydrogens is 478 g/mol. The second-order valence-electron chi connectivity index (χ2n) is 10.2. The lowest BCUT2D eigenvalue weighted by atomic mass is 9.89. The number of carbonyl (C=O) groups is 3. The van der Waals surface area contributed by atoms with Crippen LogP contribution in [0.25, 0.3) is 10.2 Å². The van der Waals surface area contributed by atoms with Crippen LogP contribution >= 0.6 is 11.3 Å². The van der Waals surface area contributed by atoms with E-state index < -0.39 is 23.5 Å². The Morgan fingerprint density at radius 3 is 2.61 bits per heavy atom. The maximum atomic E-state index is 13.3. The number of thiazole rings is 1. The van der Waals surface area contributed by atoms with Crippen molar-refractivity contribution in [1.29, 1.82) is 0 Å². The van der Waals surface area contributed by atoms with Gasteiger partial charge in [-0.05, 0) is 75.8 Å².